The monoisotopic (exact) mass is 228 g/mol. The lowest BCUT2D eigenvalue weighted by atomic mass is 10.2. The lowest BCUT2D eigenvalue weighted by Gasteiger charge is -2.22. The van der Waals surface area contributed by atoms with Crippen molar-refractivity contribution in [3.63, 3.8) is 0 Å². The first-order chi connectivity index (χ1) is 8.18. The Morgan fingerprint density at radius 3 is 2.41 bits per heavy atom. The summed E-state index contributed by atoms with van der Waals surface area (Å²) in [4.78, 5) is 14.9. The quantitative estimate of drug-likeness (QED) is 0.809. The lowest BCUT2D eigenvalue weighted by molar-refractivity contribution is 0.742. The fraction of sp³-hybridized carbons (Fsp3) is 0.308. The van der Waals surface area contributed by atoms with Gasteiger partial charge in [0, 0.05) is 37.2 Å². The highest BCUT2D eigenvalue weighted by molar-refractivity contribution is 5.56. The van der Waals surface area contributed by atoms with E-state index in [0.29, 0.717) is 6.04 Å². The van der Waals surface area contributed by atoms with Crippen molar-refractivity contribution in [2.24, 2.45) is 0 Å². The SMILES string of the molecule is CC(C)N(C)c1ccnc(-c2ccncc2)n1. The maximum atomic E-state index is 4.55. The Labute approximate surface area is 101 Å². The van der Waals surface area contributed by atoms with Crippen LogP contribution in [0.25, 0.3) is 11.4 Å². The van der Waals surface area contributed by atoms with E-state index in [1.165, 1.54) is 0 Å². The van der Waals surface area contributed by atoms with Crippen LogP contribution in [0.1, 0.15) is 13.8 Å². The second kappa shape index (κ2) is 4.91. The molecule has 0 fully saturated rings. The highest BCUT2D eigenvalue weighted by Crippen LogP contribution is 2.17. The van der Waals surface area contributed by atoms with Crippen LogP contribution in [0.4, 0.5) is 5.82 Å². The van der Waals surface area contributed by atoms with Gasteiger partial charge in [0.25, 0.3) is 0 Å². The van der Waals surface area contributed by atoms with Gasteiger partial charge in [-0.3, -0.25) is 4.98 Å². The summed E-state index contributed by atoms with van der Waals surface area (Å²) in [6.07, 6.45) is 5.28. The molecule has 0 unspecified atom stereocenters. The van der Waals surface area contributed by atoms with E-state index in [-0.39, 0.29) is 0 Å². The third-order valence-corrected chi connectivity index (χ3v) is 2.72. The number of anilines is 1. The molecule has 0 saturated carbocycles. The van der Waals surface area contributed by atoms with E-state index >= 15 is 0 Å². The minimum atomic E-state index is 0.412. The van der Waals surface area contributed by atoms with E-state index in [0.717, 1.165) is 17.2 Å². The van der Waals surface area contributed by atoms with Gasteiger partial charge in [-0.25, -0.2) is 9.97 Å². The van der Waals surface area contributed by atoms with E-state index in [4.69, 9.17) is 0 Å². The Kier molecular flexibility index (Phi) is 3.32. The standard InChI is InChI=1S/C13H16N4/c1-10(2)17(3)12-6-9-15-13(16-12)11-4-7-14-8-5-11/h4-10H,1-3H3. The molecule has 0 atom stereocenters. The van der Waals surface area contributed by atoms with E-state index in [1.54, 1.807) is 18.6 Å². The third kappa shape index (κ3) is 2.58. The van der Waals surface area contributed by atoms with Gasteiger partial charge in [0.2, 0.25) is 0 Å². The second-order valence-electron chi connectivity index (χ2n) is 4.18. The van der Waals surface area contributed by atoms with Crippen molar-refractivity contribution in [2.75, 3.05) is 11.9 Å². The molecule has 0 bridgehead atoms. The molecule has 2 aromatic rings. The molecule has 17 heavy (non-hydrogen) atoms. The van der Waals surface area contributed by atoms with Crippen LogP contribution in [0.2, 0.25) is 0 Å². The number of nitrogens with zero attached hydrogens (tertiary/aromatic N) is 4. The maximum Gasteiger partial charge on any atom is 0.161 e. The average Bonchev–Trinajstić information content (AvgIpc) is 2.39. The molecule has 4 heteroatoms. The summed E-state index contributed by atoms with van der Waals surface area (Å²) >= 11 is 0. The van der Waals surface area contributed by atoms with Crippen molar-refractivity contribution in [3.05, 3.63) is 36.8 Å². The molecule has 0 saturated heterocycles. The molecular formula is C13H16N4. The normalized spacial score (nSPS) is 10.6. The maximum absolute atomic E-state index is 4.55. The molecule has 0 aromatic carbocycles. The van der Waals surface area contributed by atoms with Gasteiger partial charge in [-0.05, 0) is 32.0 Å². The predicted octanol–water partition coefficient (Wildman–Crippen LogP) is 2.38. The Balaban J connectivity index is 2.35. The molecule has 2 rings (SSSR count). The number of hydrogen-bond donors (Lipinski definition) is 0. The van der Waals surface area contributed by atoms with E-state index in [9.17, 15) is 0 Å². The van der Waals surface area contributed by atoms with Gasteiger partial charge < -0.3 is 4.90 Å². The average molecular weight is 228 g/mol. The van der Waals surface area contributed by atoms with Crippen LogP contribution < -0.4 is 4.90 Å². The molecule has 4 nitrogen and oxygen atoms in total. The van der Waals surface area contributed by atoms with Gasteiger partial charge in [0.15, 0.2) is 5.82 Å². The fourth-order valence-electron chi connectivity index (χ4n) is 1.45. The fourth-order valence-corrected chi connectivity index (χ4v) is 1.45. The molecule has 0 aliphatic rings. The van der Waals surface area contributed by atoms with Crippen LogP contribution in [0.3, 0.4) is 0 Å². The van der Waals surface area contributed by atoms with Crippen molar-refractivity contribution >= 4 is 5.82 Å². The number of hydrogen-bond acceptors (Lipinski definition) is 4. The highest BCUT2D eigenvalue weighted by Gasteiger charge is 2.08. The Hall–Kier alpha value is -1.97. The first-order valence-electron chi connectivity index (χ1n) is 5.65. The molecule has 0 radical (unpaired) electrons. The van der Waals surface area contributed by atoms with Crippen LogP contribution in [0.5, 0.6) is 0 Å². The third-order valence-electron chi connectivity index (χ3n) is 2.72. The molecule has 88 valence electrons. The van der Waals surface area contributed by atoms with Gasteiger partial charge in [-0.1, -0.05) is 0 Å². The molecule has 2 aromatic heterocycles. The van der Waals surface area contributed by atoms with Crippen molar-refractivity contribution < 1.29 is 0 Å². The number of pyridine rings is 1. The number of rotatable bonds is 3. The predicted molar refractivity (Wildman–Crippen MR) is 68.8 cm³/mol. The molecule has 0 aliphatic carbocycles. The van der Waals surface area contributed by atoms with Gasteiger partial charge in [-0.2, -0.15) is 0 Å². The molecule has 0 spiro atoms. The Morgan fingerprint density at radius 1 is 1.06 bits per heavy atom. The molecule has 0 aliphatic heterocycles. The van der Waals surface area contributed by atoms with Gasteiger partial charge in [-0.15, -0.1) is 0 Å². The molecular weight excluding hydrogens is 212 g/mol. The smallest absolute Gasteiger partial charge is 0.161 e. The summed E-state index contributed by atoms with van der Waals surface area (Å²) in [6.45, 7) is 4.27. The van der Waals surface area contributed by atoms with E-state index < -0.39 is 0 Å². The van der Waals surface area contributed by atoms with E-state index in [2.05, 4.69) is 33.7 Å². The van der Waals surface area contributed by atoms with Crippen LogP contribution in [0.15, 0.2) is 36.8 Å². The van der Waals surface area contributed by atoms with Gasteiger partial charge in [0.05, 0.1) is 0 Å². The van der Waals surface area contributed by atoms with Crippen molar-refractivity contribution in [2.45, 2.75) is 19.9 Å². The largest absolute Gasteiger partial charge is 0.357 e. The van der Waals surface area contributed by atoms with Crippen LogP contribution in [-0.4, -0.2) is 28.0 Å². The second-order valence-corrected chi connectivity index (χ2v) is 4.18. The summed E-state index contributed by atoms with van der Waals surface area (Å²) in [5.74, 6) is 1.67. The first-order valence-corrected chi connectivity index (χ1v) is 5.65. The molecule has 0 N–H and O–H groups in total. The van der Waals surface area contributed by atoms with Crippen LogP contribution in [-0.2, 0) is 0 Å². The zero-order valence-electron chi connectivity index (χ0n) is 10.3. The summed E-state index contributed by atoms with van der Waals surface area (Å²) < 4.78 is 0. The molecule has 2 heterocycles. The van der Waals surface area contributed by atoms with Crippen LogP contribution >= 0.6 is 0 Å². The first kappa shape index (κ1) is 11.5. The zero-order chi connectivity index (χ0) is 12.3. The minimum Gasteiger partial charge on any atom is -0.357 e. The zero-order valence-corrected chi connectivity index (χ0v) is 10.3. The Morgan fingerprint density at radius 2 is 1.76 bits per heavy atom. The van der Waals surface area contributed by atoms with Gasteiger partial charge in [0.1, 0.15) is 5.82 Å². The van der Waals surface area contributed by atoms with Crippen molar-refractivity contribution in [3.8, 4) is 11.4 Å². The van der Waals surface area contributed by atoms with Crippen LogP contribution in [0, 0.1) is 0 Å². The molecule has 0 amide bonds. The summed E-state index contributed by atoms with van der Waals surface area (Å²) in [6, 6.07) is 6.16. The van der Waals surface area contributed by atoms with Crippen molar-refractivity contribution in [1.29, 1.82) is 0 Å². The van der Waals surface area contributed by atoms with E-state index in [1.807, 2.05) is 25.2 Å². The lowest BCUT2D eigenvalue weighted by Crippen LogP contribution is -2.26. The number of aromatic nitrogens is 3. The van der Waals surface area contributed by atoms with Crippen molar-refractivity contribution in [1.82, 2.24) is 15.0 Å². The Bertz CT molecular complexity index is 482. The summed E-state index contributed by atoms with van der Waals surface area (Å²) in [7, 11) is 2.03. The highest BCUT2D eigenvalue weighted by atomic mass is 15.2. The minimum absolute atomic E-state index is 0.412. The topological polar surface area (TPSA) is 41.9 Å². The summed E-state index contributed by atoms with van der Waals surface area (Å²) in [5, 5.41) is 0. The van der Waals surface area contributed by atoms with Gasteiger partial charge >= 0.3 is 0 Å². The summed E-state index contributed by atoms with van der Waals surface area (Å²) in [5.41, 5.74) is 0.985.